The molecule has 37 heavy (non-hydrogen) atoms. The van der Waals surface area contributed by atoms with Gasteiger partial charge in [0.2, 0.25) is 5.91 Å². The minimum Gasteiger partial charge on any atom is -0.392 e. The van der Waals surface area contributed by atoms with Crippen LogP contribution in [0.4, 0.5) is 24.5 Å². The summed E-state index contributed by atoms with van der Waals surface area (Å²) < 4.78 is 39.0. The molecule has 1 heterocycles. The van der Waals surface area contributed by atoms with Crippen molar-refractivity contribution in [2.24, 2.45) is 0 Å². The highest BCUT2D eigenvalue weighted by molar-refractivity contribution is 6.03. The molecule has 6 nitrogen and oxygen atoms in total. The SMILES string of the molecule is O=C(C=CC=C(c1ccc(CO)cc1)c1ccc(C(F)(F)F)cc1)Nc1cccc2c1CC(O)C(=O)N2. The number of hydrogen-bond acceptors (Lipinski definition) is 4. The number of aliphatic hydroxyl groups is 2. The van der Waals surface area contributed by atoms with Gasteiger partial charge in [-0.25, -0.2) is 0 Å². The molecule has 1 aliphatic rings. The van der Waals surface area contributed by atoms with Crippen molar-refractivity contribution in [1.29, 1.82) is 0 Å². The molecule has 0 saturated heterocycles. The van der Waals surface area contributed by atoms with Crippen molar-refractivity contribution >= 4 is 28.8 Å². The van der Waals surface area contributed by atoms with Gasteiger partial charge in [-0.2, -0.15) is 13.2 Å². The number of allylic oxidation sites excluding steroid dienone is 2. The van der Waals surface area contributed by atoms with Crippen LogP contribution in [0, 0.1) is 0 Å². The first kappa shape index (κ1) is 25.9. The van der Waals surface area contributed by atoms with Gasteiger partial charge >= 0.3 is 6.18 Å². The van der Waals surface area contributed by atoms with E-state index in [0.717, 1.165) is 12.1 Å². The number of fused-ring (bicyclic) bond motifs is 1. The van der Waals surface area contributed by atoms with Crippen LogP contribution in [0.5, 0.6) is 0 Å². The molecule has 1 unspecified atom stereocenters. The standard InChI is InChI=1S/C28H23F3N2O4/c29-28(30,31)20-13-11-19(12-14-20)21(18-9-7-17(16-34)8-10-18)3-1-6-26(36)32-23-4-2-5-24-22(23)15-25(35)27(37)33-24/h1-14,25,34-35H,15-16H2,(H,32,36)(H,33,37). The van der Waals surface area contributed by atoms with E-state index < -0.39 is 29.7 Å². The van der Waals surface area contributed by atoms with Crippen LogP contribution in [0.25, 0.3) is 5.57 Å². The lowest BCUT2D eigenvalue weighted by atomic mass is 9.95. The number of amides is 2. The number of carbonyl (C=O) groups is 2. The molecule has 4 rings (SSSR count). The van der Waals surface area contributed by atoms with Gasteiger partial charge in [0.1, 0.15) is 6.10 Å². The number of alkyl halides is 3. The van der Waals surface area contributed by atoms with Crippen molar-refractivity contribution in [3.8, 4) is 0 Å². The molecule has 0 saturated carbocycles. The number of anilines is 2. The molecule has 0 bridgehead atoms. The first-order valence-electron chi connectivity index (χ1n) is 11.3. The van der Waals surface area contributed by atoms with Gasteiger partial charge in [-0.3, -0.25) is 9.59 Å². The van der Waals surface area contributed by atoms with E-state index in [1.165, 1.54) is 24.3 Å². The van der Waals surface area contributed by atoms with Crippen LogP contribution in [0.15, 0.2) is 85.0 Å². The maximum Gasteiger partial charge on any atom is 0.416 e. The smallest absolute Gasteiger partial charge is 0.392 e. The Morgan fingerprint density at radius 3 is 2.30 bits per heavy atom. The quantitative estimate of drug-likeness (QED) is 0.287. The van der Waals surface area contributed by atoms with Crippen molar-refractivity contribution in [2.45, 2.75) is 25.3 Å². The number of benzene rings is 3. The molecular weight excluding hydrogens is 485 g/mol. The molecule has 2 amide bonds. The third-order valence-corrected chi connectivity index (χ3v) is 5.87. The Bertz CT molecular complexity index is 1360. The Labute approximate surface area is 210 Å². The molecule has 190 valence electrons. The first-order chi connectivity index (χ1) is 17.7. The van der Waals surface area contributed by atoms with Crippen molar-refractivity contribution in [2.75, 3.05) is 10.6 Å². The Kier molecular flexibility index (Phi) is 7.56. The fourth-order valence-electron chi connectivity index (χ4n) is 3.94. The second-order valence-electron chi connectivity index (χ2n) is 8.40. The van der Waals surface area contributed by atoms with E-state index in [0.29, 0.717) is 39.2 Å². The molecule has 3 aromatic carbocycles. The molecule has 1 aliphatic heterocycles. The van der Waals surface area contributed by atoms with Gasteiger partial charge in [-0.05, 0) is 46.5 Å². The molecule has 0 fully saturated rings. The summed E-state index contributed by atoms with van der Waals surface area (Å²) in [6, 6.07) is 16.6. The van der Waals surface area contributed by atoms with Gasteiger partial charge in [0.15, 0.2) is 0 Å². The van der Waals surface area contributed by atoms with Gasteiger partial charge < -0.3 is 20.8 Å². The topological polar surface area (TPSA) is 98.7 Å². The Balaban J connectivity index is 1.59. The number of carbonyl (C=O) groups excluding carboxylic acids is 2. The van der Waals surface area contributed by atoms with Crippen LogP contribution in [0.2, 0.25) is 0 Å². The van der Waals surface area contributed by atoms with E-state index in [1.54, 1.807) is 48.5 Å². The zero-order chi connectivity index (χ0) is 26.6. The van der Waals surface area contributed by atoms with Crippen LogP contribution < -0.4 is 10.6 Å². The summed E-state index contributed by atoms with van der Waals surface area (Å²) in [5.74, 6) is -0.984. The Morgan fingerprint density at radius 2 is 1.68 bits per heavy atom. The van der Waals surface area contributed by atoms with E-state index >= 15 is 0 Å². The third-order valence-electron chi connectivity index (χ3n) is 5.87. The van der Waals surface area contributed by atoms with Gasteiger partial charge in [-0.15, -0.1) is 0 Å². The third kappa shape index (κ3) is 6.14. The zero-order valence-corrected chi connectivity index (χ0v) is 19.4. The summed E-state index contributed by atoms with van der Waals surface area (Å²) in [5, 5.41) is 24.5. The van der Waals surface area contributed by atoms with E-state index in [2.05, 4.69) is 10.6 Å². The molecule has 0 aromatic heterocycles. The van der Waals surface area contributed by atoms with E-state index in [4.69, 9.17) is 0 Å². The summed E-state index contributed by atoms with van der Waals surface area (Å²) in [7, 11) is 0. The lowest BCUT2D eigenvalue weighted by Crippen LogP contribution is -2.34. The minimum absolute atomic E-state index is 0.0587. The van der Waals surface area contributed by atoms with Crippen molar-refractivity contribution in [1.82, 2.24) is 0 Å². The van der Waals surface area contributed by atoms with Crippen LogP contribution in [-0.4, -0.2) is 28.1 Å². The largest absolute Gasteiger partial charge is 0.416 e. The second kappa shape index (κ2) is 10.8. The fraction of sp³-hybridized carbons (Fsp3) is 0.143. The maximum atomic E-state index is 13.0. The molecule has 3 aromatic rings. The molecule has 1 atom stereocenters. The second-order valence-corrected chi connectivity index (χ2v) is 8.40. The number of halogens is 3. The highest BCUT2D eigenvalue weighted by Crippen LogP contribution is 2.32. The average molecular weight is 508 g/mol. The van der Waals surface area contributed by atoms with Crippen molar-refractivity contribution in [3.63, 3.8) is 0 Å². The zero-order valence-electron chi connectivity index (χ0n) is 19.4. The molecule has 0 spiro atoms. The summed E-state index contributed by atoms with van der Waals surface area (Å²) in [6.45, 7) is -0.149. The number of nitrogens with one attached hydrogen (secondary N) is 2. The fourth-order valence-corrected chi connectivity index (χ4v) is 3.94. The van der Waals surface area contributed by atoms with E-state index in [1.807, 2.05) is 0 Å². The monoisotopic (exact) mass is 508 g/mol. The van der Waals surface area contributed by atoms with Gasteiger partial charge in [-0.1, -0.05) is 54.6 Å². The normalized spacial score (nSPS) is 15.9. The van der Waals surface area contributed by atoms with Crippen LogP contribution >= 0.6 is 0 Å². The lowest BCUT2D eigenvalue weighted by molar-refractivity contribution is -0.137. The molecule has 4 N–H and O–H groups in total. The van der Waals surface area contributed by atoms with Gasteiger partial charge in [0, 0.05) is 29.4 Å². The minimum atomic E-state index is -4.46. The average Bonchev–Trinajstić information content (AvgIpc) is 2.87. The lowest BCUT2D eigenvalue weighted by Gasteiger charge is -2.23. The Hall–Kier alpha value is -4.21. The van der Waals surface area contributed by atoms with Crippen LogP contribution in [0.3, 0.4) is 0 Å². The highest BCUT2D eigenvalue weighted by atomic mass is 19.4. The molecule has 9 heteroatoms. The van der Waals surface area contributed by atoms with E-state index in [9.17, 15) is 33.0 Å². The number of rotatable bonds is 6. The maximum absolute atomic E-state index is 13.0. The molecule has 0 radical (unpaired) electrons. The predicted molar refractivity (Wildman–Crippen MR) is 133 cm³/mol. The highest BCUT2D eigenvalue weighted by Gasteiger charge is 2.30. The van der Waals surface area contributed by atoms with Crippen LogP contribution in [0.1, 0.15) is 27.8 Å². The molecular formula is C28H23F3N2O4. The summed E-state index contributed by atoms with van der Waals surface area (Å²) in [5.41, 5.74) is 3.23. The van der Waals surface area contributed by atoms with Gasteiger partial charge in [0.25, 0.3) is 5.91 Å². The van der Waals surface area contributed by atoms with Crippen molar-refractivity contribution < 1.29 is 33.0 Å². The summed E-state index contributed by atoms with van der Waals surface area (Å²) in [6.07, 6.45) is -1.26. The van der Waals surface area contributed by atoms with Gasteiger partial charge in [0.05, 0.1) is 12.2 Å². The first-order valence-corrected chi connectivity index (χ1v) is 11.3. The van der Waals surface area contributed by atoms with E-state index in [-0.39, 0.29) is 13.0 Å². The summed E-state index contributed by atoms with van der Waals surface area (Å²) in [4.78, 5) is 24.3. The molecule has 0 aliphatic carbocycles. The number of aliphatic hydroxyl groups excluding tert-OH is 2. The number of hydrogen-bond donors (Lipinski definition) is 4. The van der Waals surface area contributed by atoms with Crippen molar-refractivity contribution in [3.05, 3.63) is 113 Å². The predicted octanol–water partition coefficient (Wildman–Crippen LogP) is 4.68. The summed E-state index contributed by atoms with van der Waals surface area (Å²) >= 11 is 0. The van der Waals surface area contributed by atoms with Crippen LogP contribution in [-0.2, 0) is 28.8 Å². The Morgan fingerprint density at radius 1 is 1.03 bits per heavy atom.